The molecule has 0 bridgehead atoms. The average Bonchev–Trinajstić information content (AvgIpc) is 2.87. The van der Waals surface area contributed by atoms with Gasteiger partial charge >= 0.3 is 35.8 Å². The lowest BCUT2D eigenvalue weighted by molar-refractivity contribution is -0.151. The number of esters is 6. The van der Waals surface area contributed by atoms with Crippen LogP contribution in [0.15, 0.2) is 30.3 Å². The Hall–Kier alpha value is -4.94. The van der Waals surface area contributed by atoms with Crippen molar-refractivity contribution in [3.05, 3.63) is 47.0 Å². The van der Waals surface area contributed by atoms with E-state index in [1.807, 2.05) is 0 Å². The zero-order valence-corrected chi connectivity index (χ0v) is 24.3. The van der Waals surface area contributed by atoms with Crippen molar-refractivity contribution in [3.63, 3.8) is 0 Å². The van der Waals surface area contributed by atoms with Crippen molar-refractivity contribution in [2.75, 3.05) is 13.7 Å². The van der Waals surface area contributed by atoms with Crippen LogP contribution < -0.4 is 18.9 Å². The predicted octanol–water partition coefficient (Wildman–Crippen LogP) is 3.49. The summed E-state index contributed by atoms with van der Waals surface area (Å²) in [6.45, 7) is 6.32. The number of hydrogen-bond acceptors (Lipinski definition) is 13. The van der Waals surface area contributed by atoms with Gasteiger partial charge < -0.3 is 33.2 Å². The molecular weight excluding hydrogens is 556 g/mol. The van der Waals surface area contributed by atoms with Gasteiger partial charge in [-0.15, -0.1) is 0 Å². The van der Waals surface area contributed by atoms with E-state index in [0.717, 1.165) is 20.8 Å². The summed E-state index contributed by atoms with van der Waals surface area (Å²) in [4.78, 5) is 71.5. The number of ether oxygens (including phenoxy) is 7. The van der Waals surface area contributed by atoms with Gasteiger partial charge in [0.2, 0.25) is 0 Å². The highest BCUT2D eigenvalue weighted by Gasteiger charge is 2.34. The van der Waals surface area contributed by atoms with Gasteiger partial charge in [-0.2, -0.15) is 0 Å². The van der Waals surface area contributed by atoms with Gasteiger partial charge in [-0.05, 0) is 35.4 Å². The van der Waals surface area contributed by atoms with E-state index >= 15 is 0 Å². The number of benzene rings is 2. The van der Waals surface area contributed by atoms with Gasteiger partial charge in [0.1, 0.15) is 19.3 Å². The minimum atomic E-state index is -1.23. The third-order valence-corrected chi connectivity index (χ3v) is 5.38. The second kappa shape index (κ2) is 15.2. The van der Waals surface area contributed by atoms with Crippen LogP contribution in [0.25, 0.3) is 0 Å². The first-order valence-corrected chi connectivity index (χ1v) is 12.6. The SMILES string of the molecule is COc1cc(C(OC(C)=O)C(COC(C)=O)c2cc(COC(C)=O)cc(OC(C)=O)c2OC(C)=O)ccc1OC(C)=O. The highest BCUT2D eigenvalue weighted by atomic mass is 16.6. The highest BCUT2D eigenvalue weighted by molar-refractivity contribution is 5.75. The molecule has 0 radical (unpaired) electrons. The molecule has 0 fully saturated rings. The van der Waals surface area contributed by atoms with Crippen LogP contribution in [-0.2, 0) is 49.6 Å². The summed E-state index contributed by atoms with van der Waals surface area (Å²) in [6, 6.07) is 7.18. The summed E-state index contributed by atoms with van der Waals surface area (Å²) in [5, 5.41) is 0. The summed E-state index contributed by atoms with van der Waals surface area (Å²) in [6.07, 6.45) is -1.23. The van der Waals surface area contributed by atoms with Crippen LogP contribution in [-0.4, -0.2) is 49.5 Å². The van der Waals surface area contributed by atoms with Gasteiger partial charge in [0.15, 0.2) is 23.0 Å². The monoisotopic (exact) mass is 588 g/mol. The summed E-state index contributed by atoms with van der Waals surface area (Å²) in [5.41, 5.74) is 0.731. The van der Waals surface area contributed by atoms with Gasteiger partial charge in [0.25, 0.3) is 0 Å². The van der Waals surface area contributed by atoms with Crippen LogP contribution in [0.2, 0.25) is 0 Å². The summed E-state index contributed by atoms with van der Waals surface area (Å²) in [5.74, 6) is -5.42. The third-order valence-electron chi connectivity index (χ3n) is 5.38. The molecule has 0 spiro atoms. The van der Waals surface area contributed by atoms with Crippen LogP contribution in [0.4, 0.5) is 0 Å². The Bertz CT molecular complexity index is 1360. The molecule has 0 amide bonds. The molecule has 0 saturated carbocycles. The molecule has 0 aromatic heterocycles. The van der Waals surface area contributed by atoms with Crippen LogP contribution in [0.5, 0.6) is 23.0 Å². The molecule has 0 aliphatic carbocycles. The zero-order valence-electron chi connectivity index (χ0n) is 24.3. The summed E-state index contributed by atoms with van der Waals surface area (Å²) < 4.78 is 37.4. The largest absolute Gasteiger partial charge is 0.493 e. The number of hydrogen-bond donors (Lipinski definition) is 0. The van der Waals surface area contributed by atoms with E-state index in [4.69, 9.17) is 33.2 Å². The van der Waals surface area contributed by atoms with Crippen LogP contribution in [0, 0.1) is 0 Å². The molecule has 42 heavy (non-hydrogen) atoms. The van der Waals surface area contributed by atoms with E-state index in [1.54, 1.807) is 0 Å². The predicted molar refractivity (Wildman–Crippen MR) is 143 cm³/mol. The molecule has 0 aliphatic heterocycles. The van der Waals surface area contributed by atoms with E-state index in [2.05, 4.69) is 0 Å². The number of rotatable bonds is 12. The molecule has 13 heteroatoms. The van der Waals surface area contributed by atoms with E-state index < -0.39 is 54.4 Å². The fraction of sp³-hybridized carbons (Fsp3) is 0.379. The van der Waals surface area contributed by atoms with Crippen molar-refractivity contribution in [2.24, 2.45) is 0 Å². The molecule has 2 unspecified atom stereocenters. The van der Waals surface area contributed by atoms with Crippen molar-refractivity contribution in [2.45, 2.75) is 60.2 Å². The Morgan fingerprint density at radius 2 is 1.24 bits per heavy atom. The van der Waals surface area contributed by atoms with E-state index in [0.29, 0.717) is 11.1 Å². The lowest BCUT2D eigenvalue weighted by Gasteiger charge is -2.29. The Kier molecular flexibility index (Phi) is 12.0. The van der Waals surface area contributed by atoms with Gasteiger partial charge in [-0.25, -0.2) is 0 Å². The lowest BCUT2D eigenvalue weighted by Crippen LogP contribution is -2.24. The number of methoxy groups -OCH3 is 1. The van der Waals surface area contributed by atoms with Crippen LogP contribution in [0.1, 0.15) is 70.3 Å². The molecule has 0 saturated heterocycles. The summed E-state index contributed by atoms with van der Waals surface area (Å²) >= 11 is 0. The van der Waals surface area contributed by atoms with E-state index in [1.165, 1.54) is 58.2 Å². The quantitative estimate of drug-likeness (QED) is 0.201. The maximum Gasteiger partial charge on any atom is 0.308 e. The van der Waals surface area contributed by atoms with Gasteiger partial charge in [-0.1, -0.05) is 6.07 Å². The first-order chi connectivity index (χ1) is 19.7. The molecular formula is C29H32O13. The molecule has 2 aromatic rings. The third kappa shape index (κ3) is 9.91. The molecule has 2 aromatic carbocycles. The van der Waals surface area contributed by atoms with Crippen LogP contribution >= 0.6 is 0 Å². The molecule has 0 aliphatic rings. The molecule has 0 N–H and O–H groups in total. The average molecular weight is 589 g/mol. The van der Waals surface area contributed by atoms with Crippen molar-refractivity contribution < 1.29 is 61.9 Å². The Morgan fingerprint density at radius 1 is 0.643 bits per heavy atom. The molecule has 2 rings (SSSR count). The Morgan fingerprint density at radius 3 is 1.76 bits per heavy atom. The van der Waals surface area contributed by atoms with Crippen molar-refractivity contribution in [1.29, 1.82) is 0 Å². The van der Waals surface area contributed by atoms with E-state index in [9.17, 15) is 28.8 Å². The normalized spacial score (nSPS) is 11.8. The molecule has 0 heterocycles. The first-order valence-electron chi connectivity index (χ1n) is 12.6. The molecule has 2 atom stereocenters. The molecule has 13 nitrogen and oxygen atoms in total. The maximum absolute atomic E-state index is 12.3. The van der Waals surface area contributed by atoms with E-state index in [-0.39, 0.29) is 35.2 Å². The second-order valence-corrected chi connectivity index (χ2v) is 8.92. The van der Waals surface area contributed by atoms with Gasteiger partial charge in [-0.3, -0.25) is 28.8 Å². The van der Waals surface area contributed by atoms with Crippen molar-refractivity contribution >= 4 is 35.8 Å². The lowest BCUT2D eigenvalue weighted by atomic mass is 9.87. The standard InChI is InChI=1S/C29H32O13/c1-15(30)37-13-21-10-23(29(42-20(6)35)27(11-21)40-18(4)33)24(14-38-16(2)31)28(41-19(5)34)22-8-9-25(39-17(3)32)26(12-22)36-7/h8-12,24,28H,13-14H2,1-7H3. The van der Waals surface area contributed by atoms with Crippen LogP contribution in [0.3, 0.4) is 0 Å². The highest BCUT2D eigenvalue weighted by Crippen LogP contribution is 2.45. The number of carbonyl (C=O) groups is 6. The number of carbonyl (C=O) groups excluding carboxylic acids is 6. The Labute approximate surface area is 241 Å². The maximum atomic E-state index is 12.3. The Balaban J connectivity index is 2.91. The summed E-state index contributed by atoms with van der Waals surface area (Å²) in [7, 11) is 1.34. The topological polar surface area (TPSA) is 167 Å². The fourth-order valence-corrected chi connectivity index (χ4v) is 3.92. The van der Waals surface area contributed by atoms with Gasteiger partial charge in [0.05, 0.1) is 13.0 Å². The van der Waals surface area contributed by atoms with Crippen molar-refractivity contribution in [3.8, 4) is 23.0 Å². The fourth-order valence-electron chi connectivity index (χ4n) is 3.92. The zero-order chi connectivity index (χ0) is 31.6. The minimum absolute atomic E-state index is 0.0907. The second-order valence-electron chi connectivity index (χ2n) is 8.92. The van der Waals surface area contributed by atoms with Crippen molar-refractivity contribution in [1.82, 2.24) is 0 Å². The smallest absolute Gasteiger partial charge is 0.308 e. The minimum Gasteiger partial charge on any atom is -0.493 e. The van der Waals surface area contributed by atoms with Gasteiger partial charge in [0, 0.05) is 47.1 Å². The molecule has 226 valence electrons. The first kappa shape index (κ1) is 33.3.